The Morgan fingerprint density at radius 2 is 1.22 bits per heavy atom. The van der Waals surface area contributed by atoms with Crippen LogP contribution in [0.3, 0.4) is 0 Å². The molecule has 0 aliphatic carbocycles. The van der Waals surface area contributed by atoms with Gasteiger partial charge in [-0.15, -0.1) is 0 Å². The summed E-state index contributed by atoms with van der Waals surface area (Å²) >= 11 is 0. The van der Waals surface area contributed by atoms with Gasteiger partial charge in [-0.05, 0) is 62.5 Å². The van der Waals surface area contributed by atoms with Crippen molar-refractivity contribution in [1.82, 2.24) is 5.32 Å². The Morgan fingerprint density at radius 3 is 2.09 bits per heavy atom. The molecule has 2 heterocycles. The van der Waals surface area contributed by atoms with Gasteiger partial charge in [-0.2, -0.15) is 0 Å². The third kappa shape index (κ3) is 4.38. The highest BCUT2D eigenvalue weighted by Gasteiger charge is 2.23. The molecule has 1 atom stereocenters. The van der Waals surface area contributed by atoms with Crippen molar-refractivity contribution in [3.05, 3.63) is 168 Å². The summed E-state index contributed by atoms with van der Waals surface area (Å²) in [5.74, 6) is 1.48. The lowest BCUT2D eigenvalue weighted by Gasteiger charge is -2.23. The lowest BCUT2D eigenvalue weighted by Crippen LogP contribution is -2.33. The number of benzene rings is 7. The Hall–Kier alpha value is -6.00. The van der Waals surface area contributed by atoms with E-state index in [4.69, 9.17) is 14.4 Å². The van der Waals surface area contributed by atoms with E-state index in [0.29, 0.717) is 5.84 Å². The minimum atomic E-state index is -0.266. The standard InChI is InChI=1S/C41H27N3O/c1-3-11-28(12-4-1)39-42-40(29-13-5-2-6-14-29)44-41(43-39)34-16-9-17-36-38(34)33-23-22-31(25-37(33)45-36)30-21-20-27-19-18-26-10-7-8-15-32(26)35(27)24-30/h1-25,39H,(H,42,43,44). The summed E-state index contributed by atoms with van der Waals surface area (Å²) in [5, 5.41) is 10.6. The number of rotatable bonds is 4. The van der Waals surface area contributed by atoms with Crippen LogP contribution in [0.2, 0.25) is 0 Å². The van der Waals surface area contributed by atoms with Crippen LogP contribution in [-0.4, -0.2) is 11.7 Å². The van der Waals surface area contributed by atoms with Crippen LogP contribution < -0.4 is 5.32 Å². The van der Waals surface area contributed by atoms with Crippen molar-refractivity contribution in [3.63, 3.8) is 0 Å². The fourth-order valence-electron chi connectivity index (χ4n) is 6.49. The topological polar surface area (TPSA) is 49.9 Å². The molecule has 45 heavy (non-hydrogen) atoms. The minimum Gasteiger partial charge on any atom is -0.456 e. The summed E-state index contributed by atoms with van der Waals surface area (Å²) in [6.07, 6.45) is -0.266. The number of nitrogens with one attached hydrogen (secondary N) is 1. The van der Waals surface area contributed by atoms with E-state index in [1.165, 1.54) is 21.5 Å². The second-order valence-electron chi connectivity index (χ2n) is 11.5. The van der Waals surface area contributed by atoms with Crippen molar-refractivity contribution in [2.45, 2.75) is 6.17 Å². The molecule has 1 aliphatic heterocycles. The third-order valence-electron chi connectivity index (χ3n) is 8.72. The SMILES string of the molecule is c1ccc(C2=NC(c3cccc4oc5cc(-c6ccc7ccc8ccccc8c7c6)ccc5c34)=NC(c3ccccc3)N2)cc1. The first-order valence-corrected chi connectivity index (χ1v) is 15.2. The number of furan rings is 1. The molecule has 0 amide bonds. The molecule has 1 aromatic heterocycles. The summed E-state index contributed by atoms with van der Waals surface area (Å²) in [7, 11) is 0. The quantitative estimate of drug-likeness (QED) is 0.212. The number of hydrogen-bond donors (Lipinski definition) is 1. The Kier molecular flexibility index (Phi) is 5.85. The summed E-state index contributed by atoms with van der Waals surface area (Å²) in [6.45, 7) is 0. The second-order valence-corrected chi connectivity index (χ2v) is 11.5. The maximum atomic E-state index is 6.51. The number of fused-ring (bicyclic) bond motifs is 6. The maximum Gasteiger partial charge on any atom is 0.160 e. The molecule has 1 N–H and O–H groups in total. The number of hydrogen-bond acceptors (Lipinski definition) is 4. The Labute approximate surface area is 260 Å². The van der Waals surface area contributed by atoms with Crippen LogP contribution in [0, 0.1) is 0 Å². The van der Waals surface area contributed by atoms with Gasteiger partial charge in [0.1, 0.15) is 23.2 Å². The molecule has 0 radical (unpaired) electrons. The molecule has 4 heteroatoms. The van der Waals surface area contributed by atoms with Gasteiger partial charge in [0.15, 0.2) is 5.84 Å². The monoisotopic (exact) mass is 577 g/mol. The Bertz CT molecular complexity index is 2460. The average Bonchev–Trinajstić information content (AvgIpc) is 3.50. The second kappa shape index (κ2) is 10.3. The molecule has 8 aromatic rings. The lowest BCUT2D eigenvalue weighted by atomic mass is 9.96. The van der Waals surface area contributed by atoms with E-state index >= 15 is 0 Å². The highest BCUT2D eigenvalue weighted by atomic mass is 16.3. The zero-order valence-corrected chi connectivity index (χ0v) is 24.3. The van der Waals surface area contributed by atoms with E-state index in [1.807, 2.05) is 48.5 Å². The van der Waals surface area contributed by atoms with E-state index in [9.17, 15) is 0 Å². The first kappa shape index (κ1) is 25.5. The molecule has 1 aliphatic rings. The molecule has 212 valence electrons. The summed E-state index contributed by atoms with van der Waals surface area (Å²) in [4.78, 5) is 10.2. The highest BCUT2D eigenvalue weighted by Crippen LogP contribution is 2.37. The number of aliphatic imine (C=N–C) groups is 2. The zero-order valence-electron chi connectivity index (χ0n) is 24.3. The molecule has 0 saturated carbocycles. The van der Waals surface area contributed by atoms with E-state index in [0.717, 1.165) is 55.6 Å². The molecule has 0 spiro atoms. The van der Waals surface area contributed by atoms with Gasteiger partial charge in [-0.1, -0.05) is 127 Å². The van der Waals surface area contributed by atoms with Gasteiger partial charge in [-0.3, -0.25) is 0 Å². The van der Waals surface area contributed by atoms with E-state index in [-0.39, 0.29) is 6.17 Å². The molecular weight excluding hydrogens is 550 g/mol. The van der Waals surface area contributed by atoms with Gasteiger partial charge in [-0.25, -0.2) is 9.98 Å². The van der Waals surface area contributed by atoms with Crippen LogP contribution >= 0.6 is 0 Å². The molecule has 0 fully saturated rings. The van der Waals surface area contributed by atoms with Crippen LogP contribution in [-0.2, 0) is 0 Å². The van der Waals surface area contributed by atoms with Gasteiger partial charge >= 0.3 is 0 Å². The van der Waals surface area contributed by atoms with Crippen molar-refractivity contribution >= 4 is 55.2 Å². The van der Waals surface area contributed by atoms with Crippen LogP contribution in [0.25, 0.3) is 54.6 Å². The largest absolute Gasteiger partial charge is 0.456 e. The summed E-state index contributed by atoms with van der Waals surface area (Å²) < 4.78 is 6.51. The third-order valence-corrected chi connectivity index (χ3v) is 8.72. The molecular formula is C41H27N3O. The molecule has 4 nitrogen and oxygen atoms in total. The van der Waals surface area contributed by atoms with E-state index < -0.39 is 0 Å². The van der Waals surface area contributed by atoms with Crippen molar-refractivity contribution in [1.29, 1.82) is 0 Å². The molecule has 1 unspecified atom stereocenters. The van der Waals surface area contributed by atoms with Crippen molar-refractivity contribution < 1.29 is 4.42 Å². The Balaban J connectivity index is 1.19. The van der Waals surface area contributed by atoms with Gasteiger partial charge in [0.25, 0.3) is 0 Å². The summed E-state index contributed by atoms with van der Waals surface area (Å²) in [6, 6.07) is 52.8. The normalized spacial score (nSPS) is 14.9. The first-order valence-electron chi connectivity index (χ1n) is 15.2. The predicted octanol–water partition coefficient (Wildman–Crippen LogP) is 10.1. The van der Waals surface area contributed by atoms with Crippen LogP contribution in [0.4, 0.5) is 0 Å². The first-order chi connectivity index (χ1) is 22.3. The Morgan fingerprint density at radius 1 is 0.511 bits per heavy atom. The zero-order chi connectivity index (χ0) is 29.7. The van der Waals surface area contributed by atoms with Crippen molar-refractivity contribution in [3.8, 4) is 11.1 Å². The molecule has 7 aromatic carbocycles. The smallest absolute Gasteiger partial charge is 0.160 e. The fraction of sp³-hybridized carbons (Fsp3) is 0.0244. The molecule has 0 bridgehead atoms. The fourth-order valence-corrected chi connectivity index (χ4v) is 6.49. The molecule has 9 rings (SSSR count). The van der Waals surface area contributed by atoms with Crippen molar-refractivity contribution in [2.24, 2.45) is 9.98 Å². The van der Waals surface area contributed by atoms with Crippen molar-refractivity contribution in [2.75, 3.05) is 0 Å². The molecule has 0 saturated heterocycles. The van der Waals surface area contributed by atoms with Gasteiger partial charge < -0.3 is 9.73 Å². The van der Waals surface area contributed by atoms with E-state index in [1.54, 1.807) is 0 Å². The van der Waals surface area contributed by atoms with Crippen LogP contribution in [0.5, 0.6) is 0 Å². The van der Waals surface area contributed by atoms with Gasteiger partial charge in [0.05, 0.1) is 0 Å². The highest BCUT2D eigenvalue weighted by molar-refractivity contribution is 6.22. The average molecular weight is 578 g/mol. The summed E-state index contributed by atoms with van der Waals surface area (Å²) in [5.41, 5.74) is 6.98. The number of amidine groups is 2. The van der Waals surface area contributed by atoms with Crippen LogP contribution in [0.15, 0.2) is 166 Å². The van der Waals surface area contributed by atoms with E-state index in [2.05, 4.69) is 108 Å². The lowest BCUT2D eigenvalue weighted by molar-refractivity contribution is 0.668. The van der Waals surface area contributed by atoms with Gasteiger partial charge in [0.2, 0.25) is 0 Å². The number of nitrogens with zero attached hydrogens (tertiary/aromatic N) is 2. The minimum absolute atomic E-state index is 0.266. The maximum absolute atomic E-state index is 6.51. The van der Waals surface area contributed by atoms with Crippen LogP contribution in [0.1, 0.15) is 22.9 Å². The predicted molar refractivity (Wildman–Crippen MR) is 186 cm³/mol. The van der Waals surface area contributed by atoms with Gasteiger partial charge in [0, 0.05) is 21.9 Å².